The third kappa shape index (κ3) is 11.6. The number of likely N-dealkylation sites (N-methyl/N-ethyl adjacent to an activating group) is 2. The molecule has 0 amide bonds. The van der Waals surface area contributed by atoms with Gasteiger partial charge in [-0.3, -0.25) is 9.97 Å². The Morgan fingerprint density at radius 1 is 0.714 bits per heavy atom. The molecule has 0 saturated heterocycles. The number of aromatic nitrogens is 6. The molecule has 0 fully saturated rings. The van der Waals surface area contributed by atoms with Crippen molar-refractivity contribution in [2.75, 3.05) is 64.0 Å². The molecule has 0 saturated carbocycles. The van der Waals surface area contributed by atoms with Crippen molar-refractivity contribution >= 4 is 68.0 Å². The zero-order valence-corrected chi connectivity index (χ0v) is 33.4. The summed E-state index contributed by atoms with van der Waals surface area (Å²) in [5.41, 5.74) is 3.82. The highest BCUT2D eigenvalue weighted by atomic mass is 35.5. The second-order valence-corrected chi connectivity index (χ2v) is 14.2. The van der Waals surface area contributed by atoms with Crippen LogP contribution in [0.4, 0.5) is 23.0 Å². The molecule has 0 atom stereocenters. The van der Waals surface area contributed by atoms with Crippen LogP contribution in [-0.4, -0.2) is 102 Å². The van der Waals surface area contributed by atoms with E-state index in [0.29, 0.717) is 41.3 Å². The molecule has 296 valence electrons. The standard InChI is InChI=1S/2C19H23ClN6O2/c1-14-23-19(26(27)28)13-25(14)11-10-24(2)9-3-7-21-17-6-8-22-18-12-15(20)4-5-16(17)18;1-14-23-13-19(26(27)28)25(14)11-10-24(2)9-3-7-21-17-6-8-22-18-12-15(20)4-5-16(17)18/h2*4-6,8,12-13H,3,7,9-11H2,1-2H3,(H,21,22). The summed E-state index contributed by atoms with van der Waals surface area (Å²) >= 11 is 12.1. The van der Waals surface area contributed by atoms with Crippen LogP contribution in [0.25, 0.3) is 21.8 Å². The van der Waals surface area contributed by atoms with Crippen molar-refractivity contribution in [1.82, 2.24) is 38.9 Å². The van der Waals surface area contributed by atoms with E-state index in [4.69, 9.17) is 23.2 Å². The fourth-order valence-electron chi connectivity index (χ4n) is 6.15. The molecule has 2 N–H and O–H groups in total. The van der Waals surface area contributed by atoms with Crippen LogP contribution in [0.15, 0.2) is 73.3 Å². The van der Waals surface area contributed by atoms with Crippen LogP contribution in [0.2, 0.25) is 10.0 Å². The Balaban J connectivity index is 0.000000214. The molecule has 18 heteroatoms. The summed E-state index contributed by atoms with van der Waals surface area (Å²) in [6.45, 7) is 9.74. The first-order valence-corrected chi connectivity index (χ1v) is 18.9. The summed E-state index contributed by atoms with van der Waals surface area (Å²) in [6.07, 6.45) is 8.26. The van der Waals surface area contributed by atoms with Crippen molar-refractivity contribution in [3.8, 4) is 0 Å². The van der Waals surface area contributed by atoms with Crippen LogP contribution in [0, 0.1) is 34.1 Å². The second-order valence-electron chi connectivity index (χ2n) is 13.4. The van der Waals surface area contributed by atoms with Crippen molar-refractivity contribution in [2.24, 2.45) is 0 Å². The van der Waals surface area contributed by atoms with Gasteiger partial charge in [0.1, 0.15) is 18.9 Å². The van der Waals surface area contributed by atoms with E-state index in [2.05, 4.69) is 40.4 Å². The van der Waals surface area contributed by atoms with Crippen molar-refractivity contribution in [2.45, 2.75) is 39.8 Å². The van der Waals surface area contributed by atoms with Gasteiger partial charge in [-0.05, 0) is 103 Å². The van der Waals surface area contributed by atoms with E-state index in [1.54, 1.807) is 30.8 Å². The number of benzene rings is 2. The zero-order chi connectivity index (χ0) is 40.2. The lowest BCUT2D eigenvalue weighted by Crippen LogP contribution is -2.26. The molecule has 4 heterocycles. The lowest BCUT2D eigenvalue weighted by molar-refractivity contribution is -0.392. The van der Waals surface area contributed by atoms with Crippen LogP contribution in [0.5, 0.6) is 0 Å². The lowest BCUT2D eigenvalue weighted by atomic mass is 10.2. The van der Waals surface area contributed by atoms with E-state index in [1.807, 2.05) is 67.2 Å². The Morgan fingerprint density at radius 2 is 1.25 bits per heavy atom. The largest absolute Gasteiger partial charge is 0.384 e. The average Bonchev–Trinajstić information content (AvgIpc) is 3.74. The molecular formula is C38H46Cl2N12O4. The minimum atomic E-state index is -0.463. The number of halogens is 2. The van der Waals surface area contributed by atoms with Crippen LogP contribution in [0.3, 0.4) is 0 Å². The quantitative estimate of drug-likeness (QED) is 0.0498. The van der Waals surface area contributed by atoms with Gasteiger partial charge in [0.2, 0.25) is 5.82 Å². The van der Waals surface area contributed by atoms with Crippen LogP contribution >= 0.6 is 23.2 Å². The van der Waals surface area contributed by atoms with Crippen LogP contribution in [-0.2, 0) is 13.1 Å². The minimum Gasteiger partial charge on any atom is -0.384 e. The highest BCUT2D eigenvalue weighted by molar-refractivity contribution is 6.31. The number of rotatable bonds is 18. The summed E-state index contributed by atoms with van der Waals surface area (Å²) in [5, 5.41) is 32.2. The van der Waals surface area contributed by atoms with Crippen molar-refractivity contribution < 1.29 is 9.85 Å². The summed E-state index contributed by atoms with van der Waals surface area (Å²) < 4.78 is 3.46. The first-order valence-electron chi connectivity index (χ1n) is 18.2. The maximum absolute atomic E-state index is 11.0. The summed E-state index contributed by atoms with van der Waals surface area (Å²) in [5.74, 6) is 1.25. The second kappa shape index (κ2) is 20.0. The van der Waals surface area contributed by atoms with Gasteiger partial charge in [-0.2, -0.15) is 0 Å². The molecule has 16 nitrogen and oxygen atoms in total. The Morgan fingerprint density at radius 3 is 1.75 bits per heavy atom. The number of hydrogen-bond donors (Lipinski definition) is 2. The Labute approximate surface area is 334 Å². The van der Waals surface area contributed by atoms with E-state index in [9.17, 15) is 20.2 Å². The number of fused-ring (bicyclic) bond motifs is 2. The summed E-state index contributed by atoms with van der Waals surface area (Å²) in [4.78, 5) is 42.0. The molecule has 2 aromatic carbocycles. The maximum atomic E-state index is 11.0. The minimum absolute atomic E-state index is 0.0391. The van der Waals surface area contributed by atoms with Gasteiger partial charge in [-0.1, -0.05) is 23.2 Å². The molecule has 6 rings (SSSR count). The molecule has 0 aliphatic rings. The van der Waals surface area contributed by atoms with E-state index in [1.165, 1.54) is 12.4 Å². The number of nitrogens with zero attached hydrogens (tertiary/aromatic N) is 10. The molecule has 6 aromatic rings. The number of nitro groups is 2. The molecule has 4 aromatic heterocycles. The predicted molar refractivity (Wildman–Crippen MR) is 222 cm³/mol. The van der Waals surface area contributed by atoms with Gasteiger partial charge in [0, 0.05) is 91.2 Å². The number of nitrogens with one attached hydrogen (secondary N) is 2. The predicted octanol–water partition coefficient (Wildman–Crippen LogP) is 7.47. The number of anilines is 2. The average molecular weight is 806 g/mol. The van der Waals surface area contributed by atoms with Gasteiger partial charge < -0.3 is 45.2 Å². The van der Waals surface area contributed by atoms with Gasteiger partial charge in [0.05, 0.1) is 11.0 Å². The van der Waals surface area contributed by atoms with Gasteiger partial charge in [0.25, 0.3) is 0 Å². The van der Waals surface area contributed by atoms with Crippen LogP contribution < -0.4 is 10.6 Å². The van der Waals surface area contributed by atoms with E-state index in [0.717, 1.165) is 78.7 Å². The van der Waals surface area contributed by atoms with Crippen molar-refractivity contribution in [3.05, 3.63) is 115 Å². The highest BCUT2D eigenvalue weighted by Gasteiger charge is 2.18. The number of hydrogen-bond acceptors (Lipinski definition) is 12. The smallest absolute Gasteiger partial charge is 0.381 e. The number of aryl methyl sites for hydroxylation is 2. The van der Waals surface area contributed by atoms with Gasteiger partial charge in [-0.15, -0.1) is 0 Å². The lowest BCUT2D eigenvalue weighted by Gasteiger charge is -2.17. The third-order valence-corrected chi connectivity index (χ3v) is 9.74. The number of pyridine rings is 2. The molecule has 0 aliphatic heterocycles. The third-order valence-electron chi connectivity index (χ3n) is 9.27. The van der Waals surface area contributed by atoms with Gasteiger partial charge in [0.15, 0.2) is 5.82 Å². The fraction of sp³-hybridized carbons (Fsp3) is 0.368. The Kier molecular flexibility index (Phi) is 14.9. The summed E-state index contributed by atoms with van der Waals surface area (Å²) in [6, 6.07) is 15.3. The molecule has 0 bridgehead atoms. The molecule has 0 spiro atoms. The van der Waals surface area contributed by atoms with Crippen LogP contribution in [0.1, 0.15) is 24.5 Å². The first kappa shape index (κ1) is 41.7. The van der Waals surface area contributed by atoms with Gasteiger partial charge in [-0.25, -0.2) is 9.55 Å². The monoisotopic (exact) mass is 804 g/mol. The molecule has 0 radical (unpaired) electrons. The normalized spacial score (nSPS) is 11.3. The molecule has 56 heavy (non-hydrogen) atoms. The molecular weight excluding hydrogens is 759 g/mol. The van der Waals surface area contributed by atoms with E-state index >= 15 is 0 Å². The topological polar surface area (TPSA) is 178 Å². The van der Waals surface area contributed by atoms with E-state index < -0.39 is 9.85 Å². The Hall–Kier alpha value is -5.42. The Bertz CT molecular complexity index is 2260. The SMILES string of the molecule is Cc1nc([N+](=O)[O-])cn1CCN(C)CCCNc1ccnc2cc(Cl)ccc12.Cc1ncc([N+](=O)[O-])n1CCN(C)CCCNc1ccnc2cc(Cl)ccc12. The maximum Gasteiger partial charge on any atom is 0.381 e. The first-order chi connectivity index (χ1) is 26.9. The number of imidazole rings is 2. The fourth-order valence-corrected chi connectivity index (χ4v) is 6.48. The zero-order valence-electron chi connectivity index (χ0n) is 31.9. The summed E-state index contributed by atoms with van der Waals surface area (Å²) in [7, 11) is 4.06. The van der Waals surface area contributed by atoms with Gasteiger partial charge >= 0.3 is 11.6 Å². The van der Waals surface area contributed by atoms with Crippen molar-refractivity contribution in [3.63, 3.8) is 0 Å². The van der Waals surface area contributed by atoms with Crippen molar-refractivity contribution in [1.29, 1.82) is 0 Å². The molecule has 0 aliphatic carbocycles. The molecule has 0 unspecified atom stereocenters. The highest BCUT2D eigenvalue weighted by Crippen LogP contribution is 2.25. The van der Waals surface area contributed by atoms with E-state index in [-0.39, 0.29) is 11.6 Å².